The first-order valence-electron chi connectivity index (χ1n) is 10.6. The van der Waals surface area contributed by atoms with Crippen LogP contribution in [-0.4, -0.2) is 38.8 Å². The van der Waals surface area contributed by atoms with Gasteiger partial charge in [-0.3, -0.25) is 14.5 Å². The average molecular weight is 420 g/mol. The minimum absolute atomic E-state index is 0.0477. The lowest BCUT2D eigenvalue weighted by Crippen LogP contribution is -2.43. The zero-order valence-corrected chi connectivity index (χ0v) is 17.3. The van der Waals surface area contributed by atoms with Crippen molar-refractivity contribution >= 4 is 33.4 Å². The third kappa shape index (κ3) is 2.68. The Labute approximate surface area is 177 Å². The maximum atomic E-state index is 12.8. The van der Waals surface area contributed by atoms with Crippen LogP contribution < -0.4 is 4.74 Å². The fourth-order valence-corrected chi connectivity index (χ4v) is 6.33. The Morgan fingerprint density at radius 1 is 0.967 bits per heavy atom. The number of carbonyl (C=O) groups excluding carboxylic acids is 2. The number of amides is 2. The highest BCUT2D eigenvalue weighted by Gasteiger charge is 2.41. The van der Waals surface area contributed by atoms with E-state index in [1.165, 1.54) is 21.8 Å². The van der Waals surface area contributed by atoms with Gasteiger partial charge in [0.05, 0.1) is 16.5 Å². The molecule has 1 saturated carbocycles. The van der Waals surface area contributed by atoms with Crippen LogP contribution in [0.25, 0.3) is 10.2 Å². The van der Waals surface area contributed by atoms with Gasteiger partial charge in [-0.2, -0.15) is 0 Å². The number of carbonyl (C=O) groups is 2. The van der Waals surface area contributed by atoms with Crippen LogP contribution in [0.3, 0.4) is 0 Å². The number of fused-ring (bicyclic) bond motifs is 4. The van der Waals surface area contributed by atoms with E-state index in [4.69, 9.17) is 4.74 Å². The highest BCUT2D eigenvalue weighted by atomic mass is 32.1. The molecule has 7 heteroatoms. The van der Waals surface area contributed by atoms with E-state index in [0.29, 0.717) is 17.0 Å². The number of benzene rings is 1. The quantitative estimate of drug-likeness (QED) is 0.596. The second kappa shape index (κ2) is 6.87. The van der Waals surface area contributed by atoms with Crippen molar-refractivity contribution in [1.29, 1.82) is 0 Å². The molecule has 3 aromatic rings. The third-order valence-electron chi connectivity index (χ3n) is 6.58. The Bertz CT molecular complexity index is 1140. The lowest BCUT2D eigenvalue weighted by molar-refractivity contribution is 0.0475. The number of aryl methyl sites for hydroxylation is 2. The molecule has 3 heterocycles. The summed E-state index contributed by atoms with van der Waals surface area (Å²) in [7, 11) is 0. The SMILES string of the molecule is O=C1c2ccccc2C(=O)N1C1CCC(Oc2ncnc3sc4c(c23)CCC4)CC1. The molecule has 1 fully saturated rings. The Balaban J connectivity index is 1.18. The van der Waals surface area contributed by atoms with Crippen LogP contribution in [0, 0.1) is 0 Å². The second-order valence-corrected chi connectivity index (χ2v) is 9.37. The smallest absolute Gasteiger partial charge is 0.261 e. The Morgan fingerprint density at radius 3 is 2.43 bits per heavy atom. The summed E-state index contributed by atoms with van der Waals surface area (Å²) >= 11 is 1.76. The maximum absolute atomic E-state index is 12.8. The summed E-state index contributed by atoms with van der Waals surface area (Å²) in [5, 5.41) is 1.09. The number of hydrogen-bond acceptors (Lipinski definition) is 6. The van der Waals surface area contributed by atoms with Crippen molar-refractivity contribution in [3.05, 3.63) is 52.2 Å². The summed E-state index contributed by atoms with van der Waals surface area (Å²) in [5.41, 5.74) is 2.41. The summed E-state index contributed by atoms with van der Waals surface area (Å²) in [5.74, 6) is 0.376. The summed E-state index contributed by atoms with van der Waals surface area (Å²) in [6.45, 7) is 0. The summed E-state index contributed by atoms with van der Waals surface area (Å²) in [6.07, 6.45) is 8.15. The highest BCUT2D eigenvalue weighted by molar-refractivity contribution is 7.18. The zero-order chi connectivity index (χ0) is 20.2. The first-order chi connectivity index (χ1) is 14.7. The van der Waals surface area contributed by atoms with Gasteiger partial charge in [0.1, 0.15) is 17.3 Å². The highest BCUT2D eigenvalue weighted by Crippen LogP contribution is 2.41. The number of rotatable bonds is 3. The number of nitrogens with zero attached hydrogens (tertiary/aromatic N) is 3. The summed E-state index contributed by atoms with van der Waals surface area (Å²) in [4.78, 5) is 38.3. The average Bonchev–Trinajstić information content (AvgIpc) is 3.42. The molecule has 0 radical (unpaired) electrons. The fourth-order valence-electron chi connectivity index (χ4n) is 5.11. The lowest BCUT2D eigenvalue weighted by atomic mass is 9.92. The van der Waals surface area contributed by atoms with Crippen molar-refractivity contribution in [1.82, 2.24) is 14.9 Å². The molecular formula is C23H21N3O3S. The first kappa shape index (κ1) is 18.0. The van der Waals surface area contributed by atoms with E-state index in [1.54, 1.807) is 29.8 Å². The molecule has 0 N–H and O–H groups in total. The van der Waals surface area contributed by atoms with Gasteiger partial charge in [0.25, 0.3) is 11.8 Å². The van der Waals surface area contributed by atoms with Crippen LogP contribution in [0.5, 0.6) is 5.88 Å². The van der Waals surface area contributed by atoms with Crippen LogP contribution in [-0.2, 0) is 12.8 Å². The van der Waals surface area contributed by atoms with E-state index >= 15 is 0 Å². The standard InChI is InChI=1S/C23H21N3O3S/c27-22-15-4-1-2-5-16(15)23(28)26(22)13-8-10-14(11-9-13)29-20-19-17-6-3-7-18(17)30-21(19)25-12-24-20/h1-2,4-5,12-14H,3,6-11H2. The Hall–Kier alpha value is -2.80. The van der Waals surface area contributed by atoms with Crippen LogP contribution in [0.15, 0.2) is 30.6 Å². The molecule has 0 atom stereocenters. The van der Waals surface area contributed by atoms with E-state index in [0.717, 1.165) is 48.7 Å². The van der Waals surface area contributed by atoms with Gasteiger partial charge in [-0.05, 0) is 62.6 Å². The topological polar surface area (TPSA) is 72.4 Å². The minimum Gasteiger partial charge on any atom is -0.474 e. The van der Waals surface area contributed by atoms with Crippen LogP contribution in [0.2, 0.25) is 0 Å². The molecule has 1 aromatic carbocycles. The van der Waals surface area contributed by atoms with Crippen molar-refractivity contribution in [2.24, 2.45) is 0 Å². The molecule has 1 aliphatic heterocycles. The molecule has 2 aromatic heterocycles. The van der Waals surface area contributed by atoms with E-state index in [1.807, 2.05) is 12.1 Å². The zero-order valence-electron chi connectivity index (χ0n) is 16.5. The molecule has 152 valence electrons. The second-order valence-electron chi connectivity index (χ2n) is 8.29. The Kier molecular flexibility index (Phi) is 4.13. The molecular weight excluding hydrogens is 398 g/mol. The maximum Gasteiger partial charge on any atom is 0.261 e. The summed E-state index contributed by atoms with van der Waals surface area (Å²) in [6, 6.07) is 7.03. The van der Waals surface area contributed by atoms with Gasteiger partial charge in [0.15, 0.2) is 0 Å². The van der Waals surface area contributed by atoms with Crippen molar-refractivity contribution in [2.75, 3.05) is 0 Å². The van der Waals surface area contributed by atoms with E-state index in [9.17, 15) is 9.59 Å². The van der Waals surface area contributed by atoms with E-state index < -0.39 is 0 Å². The van der Waals surface area contributed by atoms with Gasteiger partial charge in [0, 0.05) is 10.9 Å². The van der Waals surface area contributed by atoms with E-state index in [2.05, 4.69) is 9.97 Å². The molecule has 30 heavy (non-hydrogen) atoms. The molecule has 2 amide bonds. The number of ether oxygens (including phenoxy) is 1. The Morgan fingerprint density at radius 2 is 1.70 bits per heavy atom. The number of hydrogen-bond donors (Lipinski definition) is 0. The monoisotopic (exact) mass is 419 g/mol. The van der Waals surface area contributed by atoms with Crippen LogP contribution >= 0.6 is 11.3 Å². The van der Waals surface area contributed by atoms with E-state index in [-0.39, 0.29) is 24.0 Å². The van der Waals surface area contributed by atoms with Gasteiger partial charge in [-0.1, -0.05) is 12.1 Å². The van der Waals surface area contributed by atoms with Crippen molar-refractivity contribution in [2.45, 2.75) is 57.1 Å². The molecule has 0 bridgehead atoms. The predicted octanol–water partition coefficient (Wildman–Crippen LogP) is 4.17. The van der Waals surface area contributed by atoms with Crippen molar-refractivity contribution < 1.29 is 14.3 Å². The number of aromatic nitrogens is 2. The van der Waals surface area contributed by atoms with Crippen molar-refractivity contribution in [3.63, 3.8) is 0 Å². The molecule has 0 spiro atoms. The van der Waals surface area contributed by atoms with Gasteiger partial charge >= 0.3 is 0 Å². The normalized spacial score (nSPS) is 23.1. The molecule has 6 nitrogen and oxygen atoms in total. The molecule has 2 aliphatic carbocycles. The minimum atomic E-state index is -0.161. The molecule has 0 unspecified atom stereocenters. The molecule has 3 aliphatic rings. The van der Waals surface area contributed by atoms with Gasteiger partial charge in [-0.25, -0.2) is 9.97 Å². The molecule has 6 rings (SSSR count). The molecule has 0 saturated heterocycles. The van der Waals surface area contributed by atoms with Crippen LogP contribution in [0.4, 0.5) is 0 Å². The van der Waals surface area contributed by atoms with Gasteiger partial charge < -0.3 is 4.74 Å². The predicted molar refractivity (Wildman–Crippen MR) is 113 cm³/mol. The largest absolute Gasteiger partial charge is 0.474 e. The number of thiophene rings is 1. The lowest BCUT2D eigenvalue weighted by Gasteiger charge is -2.33. The van der Waals surface area contributed by atoms with Gasteiger partial charge in [0.2, 0.25) is 5.88 Å². The van der Waals surface area contributed by atoms with Crippen LogP contribution in [0.1, 0.15) is 63.3 Å². The van der Waals surface area contributed by atoms with Gasteiger partial charge in [-0.15, -0.1) is 11.3 Å². The third-order valence-corrected chi connectivity index (χ3v) is 7.78. The van der Waals surface area contributed by atoms with Crippen molar-refractivity contribution in [3.8, 4) is 5.88 Å². The number of imide groups is 1. The first-order valence-corrected chi connectivity index (χ1v) is 11.4. The fraction of sp³-hybridized carbons (Fsp3) is 0.391. The summed E-state index contributed by atoms with van der Waals surface area (Å²) < 4.78 is 6.35.